The molecule has 12 heteroatoms. The minimum absolute atomic E-state index is 0.0536. The van der Waals surface area contributed by atoms with Crippen molar-refractivity contribution in [2.75, 3.05) is 28.8 Å². The summed E-state index contributed by atoms with van der Waals surface area (Å²) in [6, 6.07) is 12.4. The summed E-state index contributed by atoms with van der Waals surface area (Å²) < 4.78 is 43.2. The molecule has 1 amide bonds. The molecular weight excluding hydrogens is 545 g/mol. The number of anilines is 3. The maximum Gasteiger partial charge on any atom is 0.416 e. The van der Waals surface area contributed by atoms with Crippen molar-refractivity contribution in [2.45, 2.75) is 26.4 Å². The van der Waals surface area contributed by atoms with E-state index in [9.17, 15) is 18.0 Å². The zero-order chi connectivity index (χ0) is 30.0. The lowest BCUT2D eigenvalue weighted by atomic mass is 10.1. The number of hydrazine groups is 2. The number of rotatable bonds is 8. The number of hydrogen-bond acceptors (Lipinski definition) is 7. The third kappa shape index (κ3) is 6.23. The first kappa shape index (κ1) is 28.7. The van der Waals surface area contributed by atoms with E-state index in [0.29, 0.717) is 29.9 Å². The number of aromatic nitrogens is 3. The summed E-state index contributed by atoms with van der Waals surface area (Å²) in [7, 11) is 3.58. The van der Waals surface area contributed by atoms with Crippen molar-refractivity contribution in [3.05, 3.63) is 107 Å². The Kier molecular flexibility index (Phi) is 7.90. The molecule has 9 nitrogen and oxygen atoms in total. The van der Waals surface area contributed by atoms with Crippen molar-refractivity contribution in [1.82, 2.24) is 25.7 Å². The molecule has 3 heterocycles. The Balaban J connectivity index is 1.36. The standard InChI is InChI=1S/C30H31F3N8O/c1-19-5-6-22(13-28(19)41-18-27(37-38-41)26-17-35-40(4)20(26)2)29(42)36-24-14-23(30(31,32)33)15-25(16-24)39(3)12-9-21-7-10-34-11-8-21/h5-8,10-11,13-18,37-38H,9,12H2,1-4H3,(H,36,42). The largest absolute Gasteiger partial charge is 0.416 e. The second-order valence-corrected chi connectivity index (χ2v) is 10.2. The van der Waals surface area contributed by atoms with Gasteiger partial charge in [-0.05, 0) is 73.9 Å². The maximum atomic E-state index is 13.8. The number of carbonyl (C=O) groups excluding carboxylic acids is 1. The summed E-state index contributed by atoms with van der Waals surface area (Å²) in [5, 5.41) is 8.69. The van der Waals surface area contributed by atoms with Crippen LogP contribution in [0.3, 0.4) is 0 Å². The molecule has 42 heavy (non-hydrogen) atoms. The Bertz CT molecular complexity index is 1630. The first-order valence-corrected chi connectivity index (χ1v) is 13.3. The molecule has 0 saturated heterocycles. The lowest BCUT2D eigenvalue weighted by Crippen LogP contribution is -2.36. The molecular formula is C30H31F3N8O. The Morgan fingerprint density at radius 3 is 2.52 bits per heavy atom. The average molecular weight is 577 g/mol. The minimum Gasteiger partial charge on any atom is -0.374 e. The van der Waals surface area contributed by atoms with Gasteiger partial charge in [-0.15, -0.1) is 5.53 Å². The van der Waals surface area contributed by atoms with E-state index in [2.05, 4.69) is 26.4 Å². The van der Waals surface area contributed by atoms with Crippen LogP contribution in [-0.4, -0.2) is 34.3 Å². The number of hydrogen-bond donors (Lipinski definition) is 3. The number of amides is 1. The van der Waals surface area contributed by atoms with E-state index in [1.165, 1.54) is 0 Å². The molecule has 0 radical (unpaired) electrons. The lowest BCUT2D eigenvalue weighted by Gasteiger charge is -2.22. The second-order valence-electron chi connectivity index (χ2n) is 10.2. The topological polar surface area (TPSA) is 90.4 Å². The fourth-order valence-electron chi connectivity index (χ4n) is 4.60. The molecule has 1 aliphatic heterocycles. The monoisotopic (exact) mass is 576 g/mol. The van der Waals surface area contributed by atoms with Crippen LogP contribution in [0.1, 0.15) is 38.3 Å². The van der Waals surface area contributed by atoms with Gasteiger partial charge in [0, 0.05) is 67.4 Å². The highest BCUT2D eigenvalue weighted by molar-refractivity contribution is 6.05. The first-order chi connectivity index (χ1) is 20.0. The Morgan fingerprint density at radius 2 is 1.83 bits per heavy atom. The van der Waals surface area contributed by atoms with Gasteiger partial charge < -0.3 is 15.6 Å². The highest BCUT2D eigenvalue weighted by atomic mass is 19.4. The lowest BCUT2D eigenvalue weighted by molar-refractivity contribution is -0.137. The minimum atomic E-state index is -4.58. The zero-order valence-corrected chi connectivity index (χ0v) is 23.6. The Labute approximate surface area is 241 Å². The van der Waals surface area contributed by atoms with Gasteiger partial charge >= 0.3 is 6.18 Å². The maximum absolute atomic E-state index is 13.8. The van der Waals surface area contributed by atoms with Gasteiger partial charge in [0.05, 0.1) is 23.1 Å². The van der Waals surface area contributed by atoms with E-state index in [1.807, 2.05) is 39.2 Å². The smallest absolute Gasteiger partial charge is 0.374 e. The molecule has 0 aliphatic carbocycles. The number of alkyl halides is 3. The number of aryl methyl sites for hydroxylation is 2. The fourth-order valence-corrected chi connectivity index (χ4v) is 4.60. The molecule has 0 spiro atoms. The summed E-state index contributed by atoms with van der Waals surface area (Å²) >= 11 is 0. The first-order valence-electron chi connectivity index (χ1n) is 13.3. The van der Waals surface area contributed by atoms with Crippen LogP contribution < -0.4 is 26.2 Å². The molecule has 5 rings (SSSR count). The Hall–Kier alpha value is -4.84. The van der Waals surface area contributed by atoms with Crippen molar-refractivity contribution in [3.63, 3.8) is 0 Å². The van der Waals surface area contributed by atoms with Crippen molar-refractivity contribution in [2.24, 2.45) is 7.05 Å². The predicted octanol–water partition coefficient (Wildman–Crippen LogP) is 5.21. The molecule has 0 saturated carbocycles. The number of halogens is 3. The van der Waals surface area contributed by atoms with Gasteiger partial charge in [-0.2, -0.15) is 18.3 Å². The highest BCUT2D eigenvalue weighted by Gasteiger charge is 2.32. The predicted molar refractivity (Wildman–Crippen MR) is 156 cm³/mol. The number of nitrogens with zero attached hydrogens (tertiary/aromatic N) is 5. The van der Waals surface area contributed by atoms with Crippen LogP contribution in [0.2, 0.25) is 0 Å². The van der Waals surface area contributed by atoms with Crippen molar-refractivity contribution in [1.29, 1.82) is 0 Å². The molecule has 0 unspecified atom stereocenters. The number of likely N-dealkylation sites (N-methyl/N-ethyl adjacent to an activating group) is 1. The van der Waals surface area contributed by atoms with Crippen LogP contribution in [0.15, 0.2) is 73.3 Å². The summed E-state index contributed by atoms with van der Waals surface area (Å²) in [6.07, 6.45) is 3.02. The molecule has 4 aromatic rings. The van der Waals surface area contributed by atoms with Crippen LogP contribution >= 0.6 is 0 Å². The fraction of sp³-hybridized carbons (Fsp3) is 0.233. The van der Waals surface area contributed by atoms with Gasteiger partial charge in [0.25, 0.3) is 5.91 Å². The van der Waals surface area contributed by atoms with Crippen LogP contribution in [0.5, 0.6) is 0 Å². The molecule has 0 fully saturated rings. The quantitative estimate of drug-likeness (QED) is 0.265. The summed E-state index contributed by atoms with van der Waals surface area (Å²) in [5.41, 5.74) is 11.3. The van der Waals surface area contributed by atoms with Crippen molar-refractivity contribution < 1.29 is 18.0 Å². The molecule has 0 bridgehead atoms. The molecule has 0 atom stereocenters. The van der Waals surface area contributed by atoms with Gasteiger partial charge in [-0.1, -0.05) is 6.07 Å². The number of benzene rings is 2. The Morgan fingerprint density at radius 1 is 1.07 bits per heavy atom. The number of pyridine rings is 1. The number of nitrogens with one attached hydrogen (secondary N) is 3. The van der Waals surface area contributed by atoms with E-state index in [-0.39, 0.29) is 5.69 Å². The van der Waals surface area contributed by atoms with Crippen molar-refractivity contribution >= 4 is 28.7 Å². The van der Waals surface area contributed by atoms with E-state index in [0.717, 1.165) is 40.2 Å². The third-order valence-electron chi connectivity index (χ3n) is 7.25. The van der Waals surface area contributed by atoms with Gasteiger partial charge in [-0.3, -0.25) is 19.5 Å². The van der Waals surface area contributed by atoms with Crippen LogP contribution in [0, 0.1) is 13.8 Å². The normalized spacial score (nSPS) is 13.1. The summed E-state index contributed by atoms with van der Waals surface area (Å²) in [5.74, 6) is -0.527. The van der Waals surface area contributed by atoms with Crippen LogP contribution in [0.25, 0.3) is 5.70 Å². The van der Waals surface area contributed by atoms with Gasteiger partial charge in [0.2, 0.25) is 0 Å². The highest BCUT2D eigenvalue weighted by Crippen LogP contribution is 2.35. The summed E-state index contributed by atoms with van der Waals surface area (Å²) in [4.78, 5) is 19.0. The average Bonchev–Trinajstić information content (AvgIpc) is 3.58. The third-order valence-corrected chi connectivity index (χ3v) is 7.25. The molecule has 2 aromatic carbocycles. The molecule has 1 aliphatic rings. The van der Waals surface area contributed by atoms with Crippen LogP contribution in [-0.2, 0) is 19.6 Å². The zero-order valence-electron chi connectivity index (χ0n) is 23.6. The molecule has 218 valence electrons. The summed E-state index contributed by atoms with van der Waals surface area (Å²) in [6.45, 7) is 4.34. The van der Waals surface area contributed by atoms with E-state index < -0.39 is 17.6 Å². The van der Waals surface area contributed by atoms with Crippen molar-refractivity contribution in [3.8, 4) is 0 Å². The van der Waals surface area contributed by atoms with Crippen LogP contribution in [0.4, 0.5) is 30.2 Å². The molecule has 2 aromatic heterocycles. The van der Waals surface area contributed by atoms with E-state index in [1.54, 1.807) is 64.5 Å². The van der Waals surface area contributed by atoms with Gasteiger partial charge in [0.15, 0.2) is 0 Å². The van der Waals surface area contributed by atoms with E-state index in [4.69, 9.17) is 0 Å². The second kappa shape index (κ2) is 11.6. The van der Waals surface area contributed by atoms with Gasteiger partial charge in [-0.25, -0.2) is 0 Å². The SMILES string of the molecule is Cc1ccc(C(=O)Nc2cc(N(C)CCc3ccncc3)cc(C(F)(F)F)c2)cc1N1C=C(c2cnn(C)c2C)NN1. The number of carbonyl (C=O) groups is 1. The molecule has 3 N–H and O–H groups in total. The van der Waals surface area contributed by atoms with Gasteiger partial charge in [0.1, 0.15) is 0 Å². The van der Waals surface area contributed by atoms with E-state index >= 15 is 0 Å².